The average molecular weight is 541 g/mol. The minimum atomic E-state index is -0.143. The Morgan fingerprint density at radius 1 is 0.895 bits per heavy atom. The summed E-state index contributed by atoms with van der Waals surface area (Å²) in [6, 6.07) is 32.9. The van der Waals surface area contributed by atoms with Crippen molar-refractivity contribution in [1.29, 1.82) is 0 Å². The summed E-state index contributed by atoms with van der Waals surface area (Å²) in [6.07, 6.45) is 0. The van der Waals surface area contributed by atoms with E-state index in [2.05, 4.69) is 15.5 Å². The van der Waals surface area contributed by atoms with Gasteiger partial charge in [0.05, 0.1) is 5.75 Å². The third-order valence-corrected chi connectivity index (χ3v) is 6.93. The van der Waals surface area contributed by atoms with Crippen LogP contribution in [0.3, 0.4) is 0 Å². The highest BCUT2D eigenvalue weighted by Crippen LogP contribution is 2.29. The van der Waals surface area contributed by atoms with Crippen LogP contribution in [0.4, 0.5) is 5.69 Å². The molecule has 6 nitrogen and oxygen atoms in total. The van der Waals surface area contributed by atoms with Crippen molar-refractivity contribution in [3.8, 4) is 22.8 Å². The minimum Gasteiger partial charge on any atom is -0.489 e. The number of rotatable bonds is 9. The number of nitrogens with zero attached hydrogens (tertiary/aromatic N) is 3. The number of ether oxygens (including phenoxy) is 1. The first-order chi connectivity index (χ1) is 18.5. The zero-order valence-corrected chi connectivity index (χ0v) is 22.2. The molecule has 0 atom stereocenters. The fraction of sp³-hybridized carbons (Fsp3) is 0.100. The van der Waals surface area contributed by atoms with Crippen molar-refractivity contribution in [2.75, 3.05) is 11.1 Å². The third kappa shape index (κ3) is 6.43. The highest BCUT2D eigenvalue weighted by molar-refractivity contribution is 7.99. The van der Waals surface area contributed by atoms with Gasteiger partial charge >= 0.3 is 0 Å². The molecule has 4 aromatic carbocycles. The number of aromatic nitrogens is 3. The van der Waals surface area contributed by atoms with E-state index in [1.54, 1.807) is 0 Å². The molecule has 0 aliphatic heterocycles. The predicted molar refractivity (Wildman–Crippen MR) is 153 cm³/mol. The minimum absolute atomic E-state index is 0.143. The summed E-state index contributed by atoms with van der Waals surface area (Å²) in [5, 5.41) is 13.0. The monoisotopic (exact) mass is 540 g/mol. The van der Waals surface area contributed by atoms with Crippen LogP contribution in [0.5, 0.6) is 5.75 Å². The van der Waals surface area contributed by atoms with Gasteiger partial charge in [-0.3, -0.25) is 9.36 Å². The van der Waals surface area contributed by atoms with Crippen molar-refractivity contribution in [2.24, 2.45) is 0 Å². The van der Waals surface area contributed by atoms with Gasteiger partial charge in [-0.2, -0.15) is 0 Å². The number of halogens is 1. The van der Waals surface area contributed by atoms with E-state index in [1.807, 2.05) is 115 Å². The second kappa shape index (κ2) is 12.0. The van der Waals surface area contributed by atoms with Crippen molar-refractivity contribution < 1.29 is 9.53 Å². The molecule has 1 amide bonds. The van der Waals surface area contributed by atoms with Crippen LogP contribution in [-0.4, -0.2) is 26.4 Å². The summed E-state index contributed by atoms with van der Waals surface area (Å²) < 4.78 is 7.76. The molecule has 38 heavy (non-hydrogen) atoms. The van der Waals surface area contributed by atoms with Gasteiger partial charge in [-0.15, -0.1) is 10.2 Å². The second-order valence-electron chi connectivity index (χ2n) is 8.62. The van der Waals surface area contributed by atoms with Crippen LogP contribution in [0.1, 0.15) is 11.1 Å². The van der Waals surface area contributed by atoms with E-state index in [4.69, 9.17) is 16.3 Å². The fourth-order valence-corrected chi connectivity index (χ4v) is 4.66. The molecule has 5 rings (SSSR count). The molecule has 0 radical (unpaired) electrons. The Kier molecular flexibility index (Phi) is 8.06. The van der Waals surface area contributed by atoms with Crippen molar-refractivity contribution in [3.63, 3.8) is 0 Å². The van der Waals surface area contributed by atoms with Crippen LogP contribution >= 0.6 is 23.4 Å². The molecule has 0 unspecified atom stereocenters. The van der Waals surface area contributed by atoms with Gasteiger partial charge in [0.25, 0.3) is 0 Å². The quantitative estimate of drug-likeness (QED) is 0.200. The largest absolute Gasteiger partial charge is 0.489 e. The molecule has 1 heterocycles. The van der Waals surface area contributed by atoms with E-state index in [1.165, 1.54) is 11.8 Å². The zero-order chi connectivity index (χ0) is 26.3. The van der Waals surface area contributed by atoms with Crippen LogP contribution in [-0.2, 0) is 11.4 Å². The van der Waals surface area contributed by atoms with E-state index in [-0.39, 0.29) is 11.7 Å². The van der Waals surface area contributed by atoms with E-state index in [0.29, 0.717) is 28.3 Å². The molecular weight excluding hydrogens is 516 g/mol. The van der Waals surface area contributed by atoms with Crippen molar-refractivity contribution in [1.82, 2.24) is 14.8 Å². The van der Waals surface area contributed by atoms with Crippen molar-refractivity contribution in [3.05, 3.63) is 119 Å². The van der Waals surface area contributed by atoms with E-state index >= 15 is 0 Å². The second-order valence-corrected chi connectivity index (χ2v) is 10.00. The first-order valence-corrected chi connectivity index (χ1v) is 13.4. The standard InChI is InChI=1S/C30H25ClN4O2S/c1-21-7-9-23(10-8-21)29-33-34-30(35(29)26-15-11-24(31)12-16-26)38-20-28(36)32-25-13-17-27(18-14-25)37-19-22-5-3-2-4-6-22/h2-18H,19-20H2,1H3,(H,32,36). The molecule has 8 heteroatoms. The topological polar surface area (TPSA) is 69.0 Å². The van der Waals surface area contributed by atoms with Gasteiger partial charge in [0.2, 0.25) is 5.91 Å². The van der Waals surface area contributed by atoms with Crippen LogP contribution in [0.25, 0.3) is 17.1 Å². The number of hydrogen-bond donors (Lipinski definition) is 1. The van der Waals surface area contributed by atoms with Crippen LogP contribution < -0.4 is 10.1 Å². The van der Waals surface area contributed by atoms with E-state index in [9.17, 15) is 4.79 Å². The number of benzene rings is 4. The Morgan fingerprint density at radius 2 is 1.61 bits per heavy atom. The van der Waals surface area contributed by atoms with Crippen LogP contribution in [0, 0.1) is 6.92 Å². The highest BCUT2D eigenvalue weighted by atomic mass is 35.5. The Hall–Kier alpha value is -4.07. The van der Waals surface area contributed by atoms with Crippen LogP contribution in [0.2, 0.25) is 5.02 Å². The first kappa shape index (κ1) is 25.6. The number of carbonyl (C=O) groups excluding carboxylic acids is 1. The number of carbonyl (C=O) groups is 1. The summed E-state index contributed by atoms with van der Waals surface area (Å²) in [4.78, 5) is 12.8. The normalized spacial score (nSPS) is 10.8. The number of aryl methyl sites for hydroxylation is 1. The molecule has 5 aromatic rings. The third-order valence-electron chi connectivity index (χ3n) is 5.75. The maximum Gasteiger partial charge on any atom is 0.234 e. The number of nitrogens with one attached hydrogen (secondary N) is 1. The van der Waals surface area contributed by atoms with Crippen molar-refractivity contribution >= 4 is 35.0 Å². The van der Waals surface area contributed by atoms with Gasteiger partial charge in [0.15, 0.2) is 11.0 Å². The molecule has 0 bridgehead atoms. The van der Waals surface area contributed by atoms with E-state index in [0.717, 1.165) is 28.1 Å². The Balaban J connectivity index is 1.25. The number of hydrogen-bond acceptors (Lipinski definition) is 5. The van der Waals surface area contributed by atoms with Gasteiger partial charge in [-0.1, -0.05) is 83.5 Å². The Labute approximate surface area is 230 Å². The lowest BCUT2D eigenvalue weighted by molar-refractivity contribution is -0.113. The molecule has 0 aliphatic rings. The number of amides is 1. The Morgan fingerprint density at radius 3 is 2.32 bits per heavy atom. The Bertz CT molecular complexity index is 1500. The maximum atomic E-state index is 12.8. The maximum absolute atomic E-state index is 12.8. The molecular formula is C30H25ClN4O2S. The molecule has 1 N–H and O–H groups in total. The average Bonchev–Trinajstić information content (AvgIpc) is 3.37. The number of thioether (sulfide) groups is 1. The SMILES string of the molecule is Cc1ccc(-c2nnc(SCC(=O)Nc3ccc(OCc4ccccc4)cc3)n2-c2ccc(Cl)cc2)cc1. The molecule has 0 spiro atoms. The molecule has 0 saturated carbocycles. The van der Waals surface area contributed by atoms with Gasteiger partial charge < -0.3 is 10.1 Å². The van der Waals surface area contributed by atoms with Gasteiger partial charge in [0.1, 0.15) is 12.4 Å². The zero-order valence-electron chi connectivity index (χ0n) is 20.7. The summed E-state index contributed by atoms with van der Waals surface area (Å²) in [7, 11) is 0. The molecule has 1 aromatic heterocycles. The lowest BCUT2D eigenvalue weighted by Crippen LogP contribution is -2.14. The van der Waals surface area contributed by atoms with Gasteiger partial charge in [-0.05, 0) is 61.0 Å². The summed E-state index contributed by atoms with van der Waals surface area (Å²) in [5.41, 5.74) is 4.75. The lowest BCUT2D eigenvalue weighted by atomic mass is 10.1. The van der Waals surface area contributed by atoms with Crippen molar-refractivity contribution in [2.45, 2.75) is 18.7 Å². The summed E-state index contributed by atoms with van der Waals surface area (Å²) in [5.74, 6) is 1.46. The lowest BCUT2D eigenvalue weighted by Gasteiger charge is -2.11. The fourth-order valence-electron chi connectivity index (χ4n) is 3.78. The molecule has 0 fully saturated rings. The predicted octanol–water partition coefficient (Wildman–Crippen LogP) is 7.21. The summed E-state index contributed by atoms with van der Waals surface area (Å²) in [6.45, 7) is 2.53. The van der Waals surface area contributed by atoms with Gasteiger partial charge in [0, 0.05) is 22.0 Å². The highest BCUT2D eigenvalue weighted by Gasteiger charge is 2.17. The first-order valence-electron chi connectivity index (χ1n) is 12.0. The summed E-state index contributed by atoms with van der Waals surface area (Å²) >= 11 is 7.44. The smallest absolute Gasteiger partial charge is 0.234 e. The molecule has 0 aliphatic carbocycles. The van der Waals surface area contributed by atoms with Crippen LogP contribution in [0.15, 0.2) is 108 Å². The molecule has 0 saturated heterocycles. The van der Waals surface area contributed by atoms with E-state index < -0.39 is 0 Å². The number of anilines is 1. The molecule has 190 valence electrons. The van der Waals surface area contributed by atoms with Gasteiger partial charge in [-0.25, -0.2) is 0 Å².